The number of carbonyl (C=O) groups is 1. The van der Waals surface area contributed by atoms with Crippen LogP contribution >= 0.6 is 0 Å². The maximum absolute atomic E-state index is 10.6. The molecule has 0 aromatic heterocycles. The number of aldehydes is 1. The summed E-state index contributed by atoms with van der Waals surface area (Å²) >= 11 is 0. The van der Waals surface area contributed by atoms with Gasteiger partial charge in [-0.05, 0) is 30.8 Å². The van der Waals surface area contributed by atoms with Crippen molar-refractivity contribution in [2.24, 2.45) is 0 Å². The molecule has 3 nitrogen and oxygen atoms in total. The molecule has 0 radical (unpaired) electrons. The summed E-state index contributed by atoms with van der Waals surface area (Å²) in [4.78, 5) is 12.9. The third-order valence-corrected chi connectivity index (χ3v) is 2.52. The number of hydrogen-bond donors (Lipinski definition) is 1. The van der Waals surface area contributed by atoms with Gasteiger partial charge in [-0.15, -0.1) is 0 Å². The summed E-state index contributed by atoms with van der Waals surface area (Å²) in [5, 5.41) is 9.34. The quantitative estimate of drug-likeness (QED) is 0.751. The van der Waals surface area contributed by atoms with Gasteiger partial charge in [0, 0.05) is 6.54 Å². The van der Waals surface area contributed by atoms with E-state index in [4.69, 9.17) is 0 Å². The van der Waals surface area contributed by atoms with Crippen LogP contribution in [0.4, 0.5) is 0 Å². The molecule has 0 heterocycles. The van der Waals surface area contributed by atoms with E-state index in [1.54, 1.807) is 12.1 Å². The maximum atomic E-state index is 10.6. The second kappa shape index (κ2) is 5.51. The topological polar surface area (TPSA) is 40.5 Å². The van der Waals surface area contributed by atoms with E-state index < -0.39 is 0 Å². The van der Waals surface area contributed by atoms with Gasteiger partial charge in [0.05, 0.1) is 5.56 Å². The number of phenolic OH excluding ortho intramolecular Hbond substituents is 1. The first-order chi connectivity index (χ1) is 7.21. The van der Waals surface area contributed by atoms with Crippen LogP contribution in [-0.2, 0) is 6.54 Å². The smallest absolute Gasteiger partial charge is 0.153 e. The van der Waals surface area contributed by atoms with Crippen molar-refractivity contribution < 1.29 is 9.90 Å². The molecule has 1 aromatic rings. The Morgan fingerprint density at radius 1 is 1.33 bits per heavy atom. The van der Waals surface area contributed by atoms with E-state index in [0.717, 1.165) is 25.2 Å². The molecule has 0 spiro atoms. The minimum absolute atomic E-state index is 0.0493. The van der Waals surface area contributed by atoms with Gasteiger partial charge >= 0.3 is 0 Å². The van der Waals surface area contributed by atoms with Crippen LogP contribution in [0.15, 0.2) is 18.2 Å². The van der Waals surface area contributed by atoms with Crippen LogP contribution in [0.25, 0.3) is 0 Å². The zero-order chi connectivity index (χ0) is 11.3. The molecule has 0 unspecified atom stereocenters. The van der Waals surface area contributed by atoms with Crippen molar-refractivity contribution in [3.8, 4) is 5.75 Å². The molecule has 0 aliphatic carbocycles. The molecular weight excluding hydrogens is 190 g/mol. The van der Waals surface area contributed by atoms with Crippen LogP contribution in [0.3, 0.4) is 0 Å². The molecular formula is C12H17NO2. The Balaban J connectivity index is 2.82. The van der Waals surface area contributed by atoms with E-state index in [0.29, 0.717) is 11.8 Å². The standard InChI is InChI=1S/C12H17NO2/c1-3-13(4-2)8-10-5-6-12(15)11(7-10)9-14/h5-7,9,15H,3-4,8H2,1-2H3. The Hall–Kier alpha value is -1.35. The van der Waals surface area contributed by atoms with Gasteiger partial charge in [0.25, 0.3) is 0 Å². The fourth-order valence-corrected chi connectivity index (χ4v) is 1.50. The van der Waals surface area contributed by atoms with Crippen molar-refractivity contribution in [2.45, 2.75) is 20.4 Å². The fourth-order valence-electron chi connectivity index (χ4n) is 1.50. The Morgan fingerprint density at radius 2 is 2.00 bits per heavy atom. The van der Waals surface area contributed by atoms with Crippen molar-refractivity contribution in [1.82, 2.24) is 4.90 Å². The fraction of sp³-hybridized carbons (Fsp3) is 0.417. The van der Waals surface area contributed by atoms with Gasteiger partial charge in [0.15, 0.2) is 6.29 Å². The van der Waals surface area contributed by atoms with Gasteiger partial charge in [-0.2, -0.15) is 0 Å². The third-order valence-electron chi connectivity index (χ3n) is 2.52. The summed E-state index contributed by atoms with van der Waals surface area (Å²) in [6, 6.07) is 5.16. The molecule has 3 heteroatoms. The van der Waals surface area contributed by atoms with Crippen LogP contribution in [0.1, 0.15) is 29.8 Å². The van der Waals surface area contributed by atoms with E-state index in [1.165, 1.54) is 0 Å². The molecule has 1 aromatic carbocycles. The summed E-state index contributed by atoms with van der Waals surface area (Å²) in [5.41, 5.74) is 1.42. The van der Waals surface area contributed by atoms with Gasteiger partial charge < -0.3 is 5.11 Å². The summed E-state index contributed by atoms with van der Waals surface area (Å²) in [6.07, 6.45) is 0.682. The number of carbonyl (C=O) groups excluding carboxylic acids is 1. The molecule has 0 saturated heterocycles. The molecule has 0 fully saturated rings. The largest absolute Gasteiger partial charge is 0.507 e. The second-order valence-electron chi connectivity index (χ2n) is 3.47. The molecule has 0 bridgehead atoms. The number of hydrogen-bond acceptors (Lipinski definition) is 3. The highest BCUT2D eigenvalue weighted by atomic mass is 16.3. The van der Waals surface area contributed by atoms with E-state index in [2.05, 4.69) is 18.7 Å². The van der Waals surface area contributed by atoms with E-state index in [1.807, 2.05) is 6.07 Å². The molecule has 0 aliphatic heterocycles. The number of nitrogens with zero attached hydrogens (tertiary/aromatic N) is 1. The first-order valence-electron chi connectivity index (χ1n) is 5.20. The normalized spacial score (nSPS) is 10.6. The van der Waals surface area contributed by atoms with E-state index >= 15 is 0 Å². The minimum atomic E-state index is 0.0493. The number of benzene rings is 1. The lowest BCUT2D eigenvalue weighted by Crippen LogP contribution is -2.22. The molecule has 0 atom stereocenters. The van der Waals surface area contributed by atoms with Crippen molar-refractivity contribution in [3.05, 3.63) is 29.3 Å². The lowest BCUT2D eigenvalue weighted by Gasteiger charge is -2.18. The van der Waals surface area contributed by atoms with Crippen LogP contribution in [0.5, 0.6) is 5.75 Å². The van der Waals surface area contributed by atoms with Crippen molar-refractivity contribution >= 4 is 6.29 Å². The summed E-state index contributed by atoms with van der Waals surface area (Å²) in [5.74, 6) is 0.0493. The second-order valence-corrected chi connectivity index (χ2v) is 3.47. The van der Waals surface area contributed by atoms with Gasteiger partial charge in [-0.1, -0.05) is 19.9 Å². The highest BCUT2D eigenvalue weighted by Crippen LogP contribution is 2.17. The Bertz CT molecular complexity index is 332. The average Bonchev–Trinajstić information content (AvgIpc) is 2.28. The monoisotopic (exact) mass is 207 g/mol. The number of rotatable bonds is 5. The van der Waals surface area contributed by atoms with E-state index in [-0.39, 0.29) is 5.75 Å². The van der Waals surface area contributed by atoms with Crippen molar-refractivity contribution in [1.29, 1.82) is 0 Å². The number of aromatic hydroxyl groups is 1. The lowest BCUT2D eigenvalue weighted by atomic mass is 10.1. The van der Waals surface area contributed by atoms with Crippen LogP contribution < -0.4 is 0 Å². The molecule has 1 rings (SSSR count). The summed E-state index contributed by atoms with van der Waals surface area (Å²) < 4.78 is 0. The Labute approximate surface area is 90.3 Å². The maximum Gasteiger partial charge on any atom is 0.153 e. The molecule has 0 saturated carbocycles. The zero-order valence-corrected chi connectivity index (χ0v) is 9.23. The van der Waals surface area contributed by atoms with Gasteiger partial charge in [0.2, 0.25) is 0 Å². The molecule has 0 aliphatic rings. The minimum Gasteiger partial charge on any atom is -0.507 e. The van der Waals surface area contributed by atoms with Gasteiger partial charge in [-0.25, -0.2) is 0 Å². The first-order valence-corrected chi connectivity index (χ1v) is 5.20. The Kier molecular flexibility index (Phi) is 4.31. The molecule has 0 amide bonds. The molecule has 1 N–H and O–H groups in total. The average molecular weight is 207 g/mol. The summed E-state index contributed by atoms with van der Waals surface area (Å²) in [6.45, 7) is 6.98. The number of phenols is 1. The highest BCUT2D eigenvalue weighted by molar-refractivity contribution is 5.79. The zero-order valence-electron chi connectivity index (χ0n) is 9.23. The first kappa shape index (κ1) is 11.7. The predicted octanol–water partition coefficient (Wildman–Crippen LogP) is 2.05. The van der Waals surface area contributed by atoms with Crippen molar-refractivity contribution in [2.75, 3.05) is 13.1 Å². The lowest BCUT2D eigenvalue weighted by molar-refractivity contribution is 0.112. The van der Waals surface area contributed by atoms with Crippen LogP contribution in [-0.4, -0.2) is 29.4 Å². The Morgan fingerprint density at radius 3 is 2.53 bits per heavy atom. The summed E-state index contributed by atoms with van der Waals surface area (Å²) in [7, 11) is 0. The SMILES string of the molecule is CCN(CC)Cc1ccc(O)c(C=O)c1. The molecule has 82 valence electrons. The van der Waals surface area contributed by atoms with Crippen molar-refractivity contribution in [3.63, 3.8) is 0 Å². The molecule has 15 heavy (non-hydrogen) atoms. The van der Waals surface area contributed by atoms with Crippen LogP contribution in [0.2, 0.25) is 0 Å². The third kappa shape index (κ3) is 3.06. The predicted molar refractivity (Wildman–Crippen MR) is 60.1 cm³/mol. The van der Waals surface area contributed by atoms with Gasteiger partial charge in [0.1, 0.15) is 5.75 Å². The van der Waals surface area contributed by atoms with E-state index in [9.17, 15) is 9.90 Å². The van der Waals surface area contributed by atoms with Gasteiger partial charge in [-0.3, -0.25) is 9.69 Å². The van der Waals surface area contributed by atoms with Crippen LogP contribution in [0, 0.1) is 0 Å². The highest BCUT2D eigenvalue weighted by Gasteiger charge is 2.04.